The van der Waals surface area contributed by atoms with Crippen molar-refractivity contribution in [2.75, 3.05) is 40.2 Å². The molecule has 7 nitrogen and oxygen atoms in total. The van der Waals surface area contributed by atoms with Crippen LogP contribution in [0.1, 0.15) is 11.6 Å². The van der Waals surface area contributed by atoms with Crippen molar-refractivity contribution in [3.63, 3.8) is 0 Å². The largest absolute Gasteiger partial charge is 0.497 e. The molecule has 2 amide bonds. The lowest BCUT2D eigenvalue weighted by Gasteiger charge is -2.25. The van der Waals surface area contributed by atoms with Crippen LogP contribution in [0.15, 0.2) is 42.6 Å². The average Bonchev–Trinajstić information content (AvgIpc) is 2.62. The van der Waals surface area contributed by atoms with Gasteiger partial charge in [-0.05, 0) is 43.9 Å². The van der Waals surface area contributed by atoms with Gasteiger partial charge in [-0.3, -0.25) is 0 Å². The Labute approximate surface area is 148 Å². The lowest BCUT2D eigenvalue weighted by molar-refractivity contribution is 0.243. The second-order valence-electron chi connectivity index (χ2n) is 5.65. The van der Waals surface area contributed by atoms with Crippen LogP contribution in [0, 0.1) is 0 Å². The Morgan fingerprint density at radius 2 is 2.00 bits per heavy atom. The summed E-state index contributed by atoms with van der Waals surface area (Å²) in [7, 11) is 7.08. The van der Waals surface area contributed by atoms with Gasteiger partial charge < -0.3 is 25.0 Å². The number of methoxy groups -OCH3 is 2. The fourth-order valence-electron chi connectivity index (χ4n) is 2.45. The maximum Gasteiger partial charge on any atom is 0.319 e. The number of benzene rings is 1. The van der Waals surface area contributed by atoms with E-state index < -0.39 is 0 Å². The van der Waals surface area contributed by atoms with Gasteiger partial charge in [0.05, 0.1) is 20.3 Å². The quantitative estimate of drug-likeness (QED) is 0.807. The maximum absolute atomic E-state index is 12.2. The summed E-state index contributed by atoms with van der Waals surface area (Å²) in [5, 5.41) is 5.63. The molecule has 0 saturated heterocycles. The third-order valence-electron chi connectivity index (χ3n) is 3.77. The van der Waals surface area contributed by atoms with E-state index in [1.54, 1.807) is 25.4 Å². The van der Waals surface area contributed by atoms with E-state index in [2.05, 4.69) is 15.6 Å². The van der Waals surface area contributed by atoms with E-state index >= 15 is 0 Å². The molecule has 0 aliphatic heterocycles. The van der Waals surface area contributed by atoms with E-state index in [1.807, 2.05) is 43.3 Å². The number of nitrogens with one attached hydrogen (secondary N) is 2. The zero-order valence-electron chi connectivity index (χ0n) is 14.9. The molecule has 134 valence electrons. The van der Waals surface area contributed by atoms with Crippen LogP contribution in [-0.4, -0.2) is 50.8 Å². The molecule has 2 rings (SSSR count). The van der Waals surface area contributed by atoms with Gasteiger partial charge in [-0.2, -0.15) is 0 Å². The van der Waals surface area contributed by atoms with Gasteiger partial charge in [0.15, 0.2) is 0 Å². The highest BCUT2D eigenvalue weighted by Crippen LogP contribution is 2.22. The summed E-state index contributed by atoms with van der Waals surface area (Å²) in [6, 6.07) is 11.0. The summed E-state index contributed by atoms with van der Waals surface area (Å²) in [5.74, 6) is 1.16. The molecule has 1 aromatic heterocycles. The molecule has 0 saturated carbocycles. The van der Waals surface area contributed by atoms with Crippen molar-refractivity contribution in [1.82, 2.24) is 15.2 Å². The zero-order valence-corrected chi connectivity index (χ0v) is 14.9. The first-order valence-corrected chi connectivity index (χ1v) is 7.89. The lowest BCUT2D eigenvalue weighted by atomic mass is 10.1. The molecule has 0 aliphatic carbocycles. The highest BCUT2D eigenvalue weighted by atomic mass is 16.5. The van der Waals surface area contributed by atoms with E-state index in [4.69, 9.17) is 9.47 Å². The second-order valence-corrected chi connectivity index (χ2v) is 5.65. The predicted octanol–water partition coefficient (Wildman–Crippen LogP) is 2.52. The van der Waals surface area contributed by atoms with Gasteiger partial charge in [0.1, 0.15) is 11.4 Å². The van der Waals surface area contributed by atoms with Crippen molar-refractivity contribution in [1.29, 1.82) is 0 Å². The van der Waals surface area contributed by atoms with E-state index in [0.717, 1.165) is 11.3 Å². The molecule has 1 atom stereocenters. The smallest absolute Gasteiger partial charge is 0.319 e. The molecule has 1 heterocycles. The predicted molar refractivity (Wildman–Crippen MR) is 97.2 cm³/mol. The van der Waals surface area contributed by atoms with Crippen molar-refractivity contribution < 1.29 is 14.3 Å². The van der Waals surface area contributed by atoms with Gasteiger partial charge in [0, 0.05) is 12.7 Å². The number of ether oxygens (including phenoxy) is 2. The highest BCUT2D eigenvalue weighted by molar-refractivity contribution is 5.90. The van der Waals surface area contributed by atoms with Crippen LogP contribution >= 0.6 is 0 Å². The molecule has 0 bridgehead atoms. The van der Waals surface area contributed by atoms with Crippen molar-refractivity contribution in [2.45, 2.75) is 6.04 Å². The summed E-state index contributed by atoms with van der Waals surface area (Å²) in [6.07, 6.45) is 1.60. The second kappa shape index (κ2) is 8.89. The first-order valence-electron chi connectivity index (χ1n) is 7.89. The third-order valence-corrected chi connectivity index (χ3v) is 3.77. The number of amides is 2. The normalized spacial score (nSPS) is 11.7. The number of carbonyl (C=O) groups excluding carboxylic acids is 1. The molecule has 2 aromatic rings. The lowest BCUT2D eigenvalue weighted by Crippen LogP contribution is -2.37. The first kappa shape index (κ1) is 18.5. The van der Waals surface area contributed by atoms with Gasteiger partial charge in [0.2, 0.25) is 5.88 Å². The van der Waals surface area contributed by atoms with Crippen LogP contribution < -0.4 is 20.1 Å². The minimum atomic E-state index is -0.318. The van der Waals surface area contributed by atoms with Crippen LogP contribution in [0.4, 0.5) is 10.5 Å². The molecular formula is C18H24N4O3. The van der Waals surface area contributed by atoms with Crippen LogP contribution in [0.25, 0.3) is 0 Å². The maximum atomic E-state index is 12.2. The van der Waals surface area contributed by atoms with Crippen LogP contribution in [0.3, 0.4) is 0 Å². The Morgan fingerprint density at radius 1 is 1.20 bits per heavy atom. The molecule has 1 aromatic carbocycles. The molecule has 25 heavy (non-hydrogen) atoms. The number of likely N-dealkylation sites (N-methyl/N-ethyl adjacent to an activating group) is 1. The molecule has 2 N–H and O–H groups in total. The number of rotatable bonds is 7. The molecule has 0 fully saturated rings. The standard InChI is InChI=1S/C18H24N4O3/c1-22(2)16(13-7-5-8-14(11-13)24-3)12-20-18(23)21-15-9-6-10-19-17(15)25-4/h5-11,16H,12H2,1-4H3,(H2,20,21,23)/t16-/m1/s1. The van der Waals surface area contributed by atoms with Gasteiger partial charge in [-0.1, -0.05) is 12.1 Å². The third kappa shape index (κ3) is 5.09. The van der Waals surface area contributed by atoms with Crippen LogP contribution in [-0.2, 0) is 0 Å². The Bertz CT molecular complexity index is 706. The minimum absolute atomic E-state index is 0.0108. The van der Waals surface area contributed by atoms with Gasteiger partial charge in [-0.15, -0.1) is 0 Å². The monoisotopic (exact) mass is 344 g/mol. The zero-order chi connectivity index (χ0) is 18.2. The molecule has 0 spiro atoms. The van der Waals surface area contributed by atoms with E-state index in [1.165, 1.54) is 7.11 Å². The summed E-state index contributed by atoms with van der Waals surface area (Å²) >= 11 is 0. The fraction of sp³-hybridized carbons (Fsp3) is 0.333. The number of nitrogens with zero attached hydrogens (tertiary/aromatic N) is 2. The van der Waals surface area contributed by atoms with Crippen molar-refractivity contribution in [2.24, 2.45) is 0 Å². The Hall–Kier alpha value is -2.80. The van der Waals surface area contributed by atoms with Crippen molar-refractivity contribution >= 4 is 11.7 Å². The van der Waals surface area contributed by atoms with Gasteiger partial charge in [0.25, 0.3) is 0 Å². The number of anilines is 1. The van der Waals surface area contributed by atoms with Gasteiger partial charge in [-0.25, -0.2) is 9.78 Å². The first-order chi connectivity index (χ1) is 12.0. The number of carbonyl (C=O) groups is 1. The molecule has 7 heteroatoms. The van der Waals surface area contributed by atoms with Crippen LogP contribution in [0.5, 0.6) is 11.6 Å². The number of aromatic nitrogens is 1. The minimum Gasteiger partial charge on any atom is -0.497 e. The van der Waals surface area contributed by atoms with E-state index in [9.17, 15) is 4.79 Å². The molecule has 0 aliphatic rings. The molecular weight excluding hydrogens is 320 g/mol. The summed E-state index contributed by atoms with van der Waals surface area (Å²) in [4.78, 5) is 18.3. The summed E-state index contributed by atoms with van der Waals surface area (Å²) in [5.41, 5.74) is 1.58. The number of hydrogen-bond donors (Lipinski definition) is 2. The van der Waals surface area contributed by atoms with E-state index in [-0.39, 0.29) is 12.1 Å². The van der Waals surface area contributed by atoms with E-state index in [0.29, 0.717) is 18.1 Å². The Morgan fingerprint density at radius 3 is 2.68 bits per heavy atom. The Kier molecular flexibility index (Phi) is 6.59. The highest BCUT2D eigenvalue weighted by Gasteiger charge is 2.16. The number of urea groups is 1. The summed E-state index contributed by atoms with van der Waals surface area (Å²) < 4.78 is 10.4. The van der Waals surface area contributed by atoms with Gasteiger partial charge >= 0.3 is 6.03 Å². The SMILES string of the molecule is COc1cccc([C@@H](CNC(=O)Nc2cccnc2OC)N(C)C)c1. The molecule has 0 radical (unpaired) electrons. The summed E-state index contributed by atoms with van der Waals surface area (Å²) in [6.45, 7) is 0.439. The van der Waals surface area contributed by atoms with Crippen LogP contribution in [0.2, 0.25) is 0 Å². The topological polar surface area (TPSA) is 75.7 Å². The fourth-order valence-corrected chi connectivity index (χ4v) is 2.45. The Balaban J connectivity index is 2.02. The molecule has 0 unspecified atom stereocenters. The van der Waals surface area contributed by atoms with Crippen molar-refractivity contribution in [3.05, 3.63) is 48.2 Å². The van der Waals surface area contributed by atoms with Crippen molar-refractivity contribution in [3.8, 4) is 11.6 Å². The number of hydrogen-bond acceptors (Lipinski definition) is 5. The number of pyridine rings is 1. The average molecular weight is 344 g/mol.